The Morgan fingerprint density at radius 3 is 2.52 bits per heavy atom. The van der Waals surface area contributed by atoms with Crippen molar-refractivity contribution < 1.29 is 36.8 Å². The number of hydrogen-bond acceptors (Lipinski definition) is 6. The highest BCUT2D eigenvalue weighted by Gasteiger charge is 2.29. The van der Waals surface area contributed by atoms with Crippen molar-refractivity contribution in [1.82, 2.24) is 0 Å². The first-order valence-corrected chi connectivity index (χ1v) is 9.05. The number of benzene rings is 2. The molecule has 0 unspecified atom stereocenters. The predicted molar refractivity (Wildman–Crippen MR) is 102 cm³/mol. The summed E-state index contributed by atoms with van der Waals surface area (Å²) in [6, 6.07) is 6.57. The zero-order chi connectivity index (χ0) is 22.6. The number of rotatable bonds is 6. The topological polar surface area (TPSA) is 93.9 Å². The monoisotopic (exact) mass is 443 g/mol. The van der Waals surface area contributed by atoms with Crippen LogP contribution in [0, 0.1) is 15.9 Å². The van der Waals surface area contributed by atoms with Gasteiger partial charge in [0.2, 0.25) is 0 Å². The van der Waals surface area contributed by atoms with E-state index < -0.39 is 40.7 Å². The molecule has 0 aromatic heterocycles. The molecule has 1 aliphatic heterocycles. The summed E-state index contributed by atoms with van der Waals surface area (Å²) in [5.41, 5.74) is -0.824. The van der Waals surface area contributed by atoms with E-state index in [4.69, 9.17) is 4.74 Å². The SMILES string of the molecule is O=C(Nc1ccc(N2CCOCC2)c(F)c1)c1cc(OCC(F)(F)F)ccc1[N+](=O)[O-]. The molecule has 0 saturated carbocycles. The average molecular weight is 443 g/mol. The van der Waals surface area contributed by atoms with Crippen molar-refractivity contribution in [3.63, 3.8) is 0 Å². The van der Waals surface area contributed by atoms with Crippen molar-refractivity contribution in [2.24, 2.45) is 0 Å². The first-order chi connectivity index (χ1) is 14.6. The van der Waals surface area contributed by atoms with Crippen LogP contribution in [0.25, 0.3) is 0 Å². The van der Waals surface area contributed by atoms with Crippen LogP contribution in [0.1, 0.15) is 10.4 Å². The molecule has 1 saturated heterocycles. The van der Waals surface area contributed by atoms with Crippen LogP contribution in [-0.4, -0.2) is 49.9 Å². The van der Waals surface area contributed by atoms with E-state index in [0.29, 0.717) is 32.0 Å². The summed E-state index contributed by atoms with van der Waals surface area (Å²) in [6.45, 7) is 0.280. The number of nitrogens with zero attached hydrogens (tertiary/aromatic N) is 2. The number of nitro benzene ring substituents is 1. The van der Waals surface area contributed by atoms with Crippen molar-refractivity contribution in [2.75, 3.05) is 43.1 Å². The number of hydrogen-bond donors (Lipinski definition) is 1. The van der Waals surface area contributed by atoms with Crippen LogP contribution in [0.15, 0.2) is 36.4 Å². The van der Waals surface area contributed by atoms with Gasteiger partial charge in [-0.05, 0) is 30.3 Å². The number of carbonyl (C=O) groups is 1. The molecule has 1 aliphatic rings. The number of morpholine rings is 1. The lowest BCUT2D eigenvalue weighted by atomic mass is 10.1. The largest absolute Gasteiger partial charge is 0.484 e. The van der Waals surface area contributed by atoms with Gasteiger partial charge in [-0.2, -0.15) is 13.2 Å². The molecule has 0 atom stereocenters. The van der Waals surface area contributed by atoms with E-state index in [9.17, 15) is 32.5 Å². The van der Waals surface area contributed by atoms with Gasteiger partial charge in [0.25, 0.3) is 11.6 Å². The molecule has 1 amide bonds. The second-order valence-corrected chi connectivity index (χ2v) is 6.56. The Morgan fingerprint density at radius 1 is 1.19 bits per heavy atom. The molecule has 166 valence electrons. The molecule has 1 fully saturated rings. The van der Waals surface area contributed by atoms with Crippen LogP contribution < -0.4 is 15.0 Å². The number of amides is 1. The lowest BCUT2D eigenvalue weighted by Gasteiger charge is -2.29. The van der Waals surface area contributed by atoms with Gasteiger partial charge in [-0.15, -0.1) is 0 Å². The minimum absolute atomic E-state index is 0.0235. The molecular formula is C19H17F4N3O5. The third-order valence-electron chi connectivity index (χ3n) is 4.37. The summed E-state index contributed by atoms with van der Waals surface area (Å²) >= 11 is 0. The van der Waals surface area contributed by atoms with Crippen LogP contribution >= 0.6 is 0 Å². The van der Waals surface area contributed by atoms with Gasteiger partial charge >= 0.3 is 6.18 Å². The van der Waals surface area contributed by atoms with Gasteiger partial charge < -0.3 is 19.7 Å². The average Bonchev–Trinajstić information content (AvgIpc) is 2.72. The van der Waals surface area contributed by atoms with Crippen LogP contribution in [0.3, 0.4) is 0 Å². The van der Waals surface area contributed by atoms with E-state index in [-0.39, 0.29) is 11.4 Å². The van der Waals surface area contributed by atoms with Crippen molar-refractivity contribution in [2.45, 2.75) is 6.18 Å². The third-order valence-corrected chi connectivity index (χ3v) is 4.37. The number of alkyl halides is 3. The van der Waals surface area contributed by atoms with E-state index in [2.05, 4.69) is 10.1 Å². The molecule has 1 heterocycles. The Morgan fingerprint density at radius 2 is 1.90 bits per heavy atom. The highest BCUT2D eigenvalue weighted by atomic mass is 19.4. The summed E-state index contributed by atoms with van der Waals surface area (Å²) in [5.74, 6) is -1.99. The van der Waals surface area contributed by atoms with Gasteiger partial charge in [0, 0.05) is 24.8 Å². The molecular weight excluding hydrogens is 426 g/mol. The number of anilines is 2. The Labute approximate surface area is 173 Å². The van der Waals surface area contributed by atoms with Gasteiger partial charge in [0.05, 0.1) is 23.8 Å². The van der Waals surface area contributed by atoms with Gasteiger partial charge in [-0.3, -0.25) is 14.9 Å². The predicted octanol–water partition coefficient (Wildman–Crippen LogP) is 3.76. The van der Waals surface area contributed by atoms with Crippen LogP contribution in [0.4, 0.5) is 34.6 Å². The van der Waals surface area contributed by atoms with Gasteiger partial charge in [-0.1, -0.05) is 0 Å². The zero-order valence-corrected chi connectivity index (χ0v) is 15.9. The van der Waals surface area contributed by atoms with E-state index in [1.807, 2.05) is 0 Å². The Kier molecular flexibility index (Phi) is 6.59. The van der Waals surface area contributed by atoms with Crippen LogP contribution in [-0.2, 0) is 4.74 Å². The first-order valence-electron chi connectivity index (χ1n) is 9.05. The molecule has 3 rings (SSSR count). The Hall–Kier alpha value is -3.41. The number of ether oxygens (including phenoxy) is 2. The highest BCUT2D eigenvalue weighted by molar-refractivity contribution is 6.07. The maximum absolute atomic E-state index is 14.5. The standard InChI is InChI=1S/C19H17F4N3O5/c20-15-9-12(1-3-17(15)25-5-7-30-8-6-25)24-18(27)14-10-13(31-11-19(21,22)23)2-4-16(14)26(28)29/h1-4,9-10H,5-8,11H2,(H,24,27). The quantitative estimate of drug-likeness (QED) is 0.415. The van der Waals surface area contributed by atoms with Gasteiger partial charge in [0.1, 0.15) is 17.1 Å². The first kappa shape index (κ1) is 22.3. The van der Waals surface area contributed by atoms with E-state index in [1.54, 1.807) is 4.90 Å². The van der Waals surface area contributed by atoms with Crippen molar-refractivity contribution in [3.05, 3.63) is 57.9 Å². The maximum atomic E-state index is 14.5. The van der Waals surface area contributed by atoms with Crippen molar-refractivity contribution >= 4 is 23.0 Å². The van der Waals surface area contributed by atoms with E-state index in [1.165, 1.54) is 12.1 Å². The third kappa shape index (κ3) is 5.81. The number of carbonyl (C=O) groups excluding carboxylic acids is 1. The molecule has 12 heteroatoms. The normalized spacial score (nSPS) is 14.3. The minimum Gasteiger partial charge on any atom is -0.484 e. The van der Waals surface area contributed by atoms with Crippen LogP contribution in [0.5, 0.6) is 5.75 Å². The second-order valence-electron chi connectivity index (χ2n) is 6.56. The highest BCUT2D eigenvalue weighted by Crippen LogP contribution is 2.28. The summed E-state index contributed by atoms with van der Waals surface area (Å²) in [5, 5.41) is 13.5. The summed E-state index contributed by atoms with van der Waals surface area (Å²) in [6.07, 6.45) is -4.62. The van der Waals surface area contributed by atoms with Crippen LogP contribution in [0.2, 0.25) is 0 Å². The molecule has 8 nitrogen and oxygen atoms in total. The molecule has 2 aromatic carbocycles. The maximum Gasteiger partial charge on any atom is 0.422 e. The lowest BCUT2D eigenvalue weighted by Crippen LogP contribution is -2.36. The van der Waals surface area contributed by atoms with Gasteiger partial charge in [0.15, 0.2) is 6.61 Å². The molecule has 1 N–H and O–H groups in total. The summed E-state index contributed by atoms with van der Waals surface area (Å²) < 4.78 is 61.3. The van der Waals surface area contributed by atoms with Crippen molar-refractivity contribution in [1.29, 1.82) is 0 Å². The Bertz CT molecular complexity index is 978. The van der Waals surface area contributed by atoms with Gasteiger partial charge in [-0.25, -0.2) is 4.39 Å². The Balaban J connectivity index is 1.79. The molecule has 0 radical (unpaired) electrons. The number of nitrogens with one attached hydrogen (secondary N) is 1. The second kappa shape index (κ2) is 9.16. The summed E-state index contributed by atoms with van der Waals surface area (Å²) in [4.78, 5) is 24.7. The lowest BCUT2D eigenvalue weighted by molar-refractivity contribution is -0.385. The number of nitro groups is 1. The molecule has 31 heavy (non-hydrogen) atoms. The minimum atomic E-state index is -4.62. The fraction of sp³-hybridized carbons (Fsp3) is 0.316. The fourth-order valence-electron chi connectivity index (χ4n) is 2.95. The number of halogens is 4. The molecule has 2 aromatic rings. The smallest absolute Gasteiger partial charge is 0.422 e. The molecule has 0 spiro atoms. The van der Waals surface area contributed by atoms with Crippen molar-refractivity contribution in [3.8, 4) is 5.75 Å². The summed E-state index contributed by atoms with van der Waals surface area (Å²) in [7, 11) is 0. The van der Waals surface area contributed by atoms with E-state index >= 15 is 0 Å². The molecule has 0 aliphatic carbocycles. The molecule has 0 bridgehead atoms. The van der Waals surface area contributed by atoms with E-state index in [0.717, 1.165) is 24.3 Å². The fourth-order valence-corrected chi connectivity index (χ4v) is 2.95. The zero-order valence-electron chi connectivity index (χ0n) is 15.9.